The highest BCUT2D eigenvalue weighted by Crippen LogP contribution is 2.20. The number of hydrogen-bond acceptors (Lipinski definition) is 7. The van der Waals surface area contributed by atoms with E-state index in [0.717, 1.165) is 31.2 Å². The van der Waals surface area contributed by atoms with Gasteiger partial charge in [0.25, 0.3) is 0 Å². The number of ether oxygens (including phenoxy) is 2. The number of rotatable bonds is 17. The highest BCUT2D eigenvalue weighted by atomic mass is 16.5. The lowest BCUT2D eigenvalue weighted by molar-refractivity contribution is -0.159. The average molecular weight is 632 g/mol. The molecule has 1 aliphatic heterocycles. The molecule has 3 amide bonds. The third-order valence-corrected chi connectivity index (χ3v) is 8.39. The van der Waals surface area contributed by atoms with E-state index in [1.165, 1.54) is 45.4 Å². The summed E-state index contributed by atoms with van der Waals surface area (Å²) in [5.41, 5.74) is 0.889. The predicted molar refractivity (Wildman–Crippen MR) is 174 cm³/mol. The highest BCUT2D eigenvalue weighted by molar-refractivity contribution is 5.94. The van der Waals surface area contributed by atoms with E-state index in [0.29, 0.717) is 6.42 Å². The lowest BCUT2D eigenvalue weighted by atomic mass is 9.95. The number of unbranched alkanes of at least 4 members (excludes halogenated alkanes) is 9. The van der Waals surface area contributed by atoms with Gasteiger partial charge in [-0.1, -0.05) is 116 Å². The molecule has 0 saturated carbocycles. The number of amides is 3. The van der Waals surface area contributed by atoms with E-state index in [-0.39, 0.29) is 19.1 Å². The maximum Gasteiger partial charge on any atom is 0.331 e. The fourth-order valence-electron chi connectivity index (χ4n) is 5.41. The maximum atomic E-state index is 13.6. The number of aliphatic hydroxyl groups is 1. The zero-order valence-corrected chi connectivity index (χ0v) is 28.0. The number of nitrogens with one attached hydrogen (secondary N) is 3. The molecule has 1 fully saturated rings. The Morgan fingerprint density at radius 1 is 0.778 bits per heavy atom. The molecule has 254 valence electrons. The van der Waals surface area contributed by atoms with Gasteiger partial charge in [0.15, 0.2) is 6.04 Å². The van der Waals surface area contributed by atoms with Crippen LogP contribution in [0.15, 0.2) is 30.3 Å². The van der Waals surface area contributed by atoms with Gasteiger partial charge in [0.2, 0.25) is 17.7 Å². The number of cyclic esters (lactones) is 1. The normalized spacial score (nSPS) is 24.0. The molecule has 1 aromatic carbocycles. The number of benzene rings is 1. The summed E-state index contributed by atoms with van der Waals surface area (Å²) < 4.78 is 11.7. The van der Waals surface area contributed by atoms with Crippen molar-refractivity contribution in [2.75, 3.05) is 6.61 Å². The van der Waals surface area contributed by atoms with Gasteiger partial charge in [-0.05, 0) is 31.2 Å². The number of esters is 1. The monoisotopic (exact) mass is 631 g/mol. The number of aliphatic hydroxyl groups excluding tert-OH is 1. The summed E-state index contributed by atoms with van der Waals surface area (Å²) in [6.07, 6.45) is 9.92. The van der Waals surface area contributed by atoms with Crippen molar-refractivity contribution in [3.63, 3.8) is 0 Å². The first kappa shape index (κ1) is 38.2. The summed E-state index contributed by atoms with van der Waals surface area (Å²) in [6, 6.07) is 5.87. The topological polar surface area (TPSA) is 143 Å². The molecule has 10 heteroatoms. The molecule has 0 radical (unpaired) electrons. The molecule has 1 heterocycles. The van der Waals surface area contributed by atoms with E-state index in [9.17, 15) is 24.3 Å². The minimum atomic E-state index is -1.36. The molecule has 0 bridgehead atoms. The second kappa shape index (κ2) is 20.9. The SMILES string of the molecule is CCCCCCCCCCCC[C@H]1OC(=O)[C@H](COCc2ccccc2)NC(=O)[C@@H](C(C)O)NC(=O)[C@H](C(C)C)NC(=O)[C@@H]1C. The quantitative estimate of drug-likeness (QED) is 0.146. The van der Waals surface area contributed by atoms with Crippen LogP contribution in [0, 0.1) is 11.8 Å². The van der Waals surface area contributed by atoms with Gasteiger partial charge in [0.05, 0.1) is 25.2 Å². The Kier molecular flexibility index (Phi) is 17.8. The maximum absolute atomic E-state index is 13.6. The van der Waals surface area contributed by atoms with Crippen LogP contribution in [0.2, 0.25) is 0 Å². The Bertz CT molecular complexity index is 1030. The fourth-order valence-corrected chi connectivity index (χ4v) is 5.41. The van der Waals surface area contributed by atoms with Crippen molar-refractivity contribution in [1.29, 1.82) is 0 Å². The lowest BCUT2D eigenvalue weighted by Gasteiger charge is -2.28. The fraction of sp³-hybridized carbons (Fsp3) is 0.714. The summed E-state index contributed by atoms with van der Waals surface area (Å²) in [4.78, 5) is 53.6. The van der Waals surface area contributed by atoms with Gasteiger partial charge in [-0.2, -0.15) is 0 Å². The Hall–Kier alpha value is -2.98. The molecule has 1 saturated heterocycles. The van der Waals surface area contributed by atoms with Crippen molar-refractivity contribution in [3.05, 3.63) is 35.9 Å². The number of carbonyl (C=O) groups is 4. The van der Waals surface area contributed by atoms with Crippen LogP contribution in [-0.2, 0) is 35.3 Å². The predicted octanol–water partition coefficient (Wildman–Crippen LogP) is 4.57. The summed E-state index contributed by atoms with van der Waals surface area (Å²) in [7, 11) is 0. The minimum absolute atomic E-state index is 0.194. The van der Waals surface area contributed by atoms with Crippen LogP contribution in [0.1, 0.15) is 111 Å². The van der Waals surface area contributed by atoms with Crippen LogP contribution in [0.3, 0.4) is 0 Å². The van der Waals surface area contributed by atoms with E-state index in [1.807, 2.05) is 30.3 Å². The van der Waals surface area contributed by atoms with Gasteiger partial charge >= 0.3 is 5.97 Å². The first-order valence-corrected chi connectivity index (χ1v) is 17.0. The van der Waals surface area contributed by atoms with Crippen LogP contribution >= 0.6 is 0 Å². The second-order valence-electron chi connectivity index (χ2n) is 12.8. The Morgan fingerprint density at radius 3 is 1.91 bits per heavy atom. The first-order chi connectivity index (χ1) is 21.5. The molecular weight excluding hydrogens is 574 g/mol. The van der Waals surface area contributed by atoms with Crippen molar-refractivity contribution >= 4 is 23.7 Å². The third kappa shape index (κ3) is 13.9. The smallest absolute Gasteiger partial charge is 0.331 e. The molecule has 0 aromatic heterocycles. The Labute approximate surface area is 269 Å². The van der Waals surface area contributed by atoms with Crippen molar-refractivity contribution in [2.24, 2.45) is 11.8 Å². The van der Waals surface area contributed by atoms with Gasteiger partial charge in [0, 0.05) is 0 Å². The third-order valence-electron chi connectivity index (χ3n) is 8.39. The molecule has 1 unspecified atom stereocenters. The van der Waals surface area contributed by atoms with E-state index in [1.54, 1.807) is 20.8 Å². The molecule has 4 N–H and O–H groups in total. The minimum Gasteiger partial charge on any atom is -0.460 e. The standard InChI is InChI=1S/C35H57N3O7/c1-6-7-8-9-10-11-12-13-14-18-21-29-25(4)32(40)37-30(24(2)3)33(41)38-31(26(5)39)34(42)36-28(35(43)45-29)23-44-22-27-19-16-15-17-20-27/h15-17,19-20,24-26,28-31,39H,6-14,18,21-23H2,1-5H3,(H,36,42)(H,37,40)(H,38,41)/t25-,26?,28+,29-,30+,31-/m1/s1. The van der Waals surface area contributed by atoms with Crippen LogP contribution in [0.5, 0.6) is 0 Å². The average Bonchev–Trinajstić information content (AvgIpc) is 3.01. The van der Waals surface area contributed by atoms with Gasteiger partial charge in [-0.25, -0.2) is 4.79 Å². The van der Waals surface area contributed by atoms with E-state index in [2.05, 4.69) is 22.9 Å². The van der Waals surface area contributed by atoms with Gasteiger partial charge < -0.3 is 30.5 Å². The summed E-state index contributed by atoms with van der Waals surface area (Å²) in [5.74, 6) is -3.54. The molecule has 1 aromatic rings. The zero-order chi connectivity index (χ0) is 33.2. The highest BCUT2D eigenvalue weighted by Gasteiger charge is 2.37. The molecule has 6 atom stereocenters. The van der Waals surface area contributed by atoms with Crippen molar-refractivity contribution in [2.45, 2.75) is 142 Å². The largest absolute Gasteiger partial charge is 0.460 e. The summed E-state index contributed by atoms with van der Waals surface area (Å²) in [6.45, 7) is 8.85. The number of hydrogen-bond donors (Lipinski definition) is 4. The molecule has 0 aliphatic carbocycles. The van der Waals surface area contributed by atoms with E-state index >= 15 is 0 Å². The molecule has 0 spiro atoms. The van der Waals surface area contributed by atoms with E-state index in [4.69, 9.17) is 9.47 Å². The van der Waals surface area contributed by atoms with Crippen molar-refractivity contribution in [1.82, 2.24) is 16.0 Å². The van der Waals surface area contributed by atoms with Crippen LogP contribution < -0.4 is 16.0 Å². The summed E-state index contributed by atoms with van der Waals surface area (Å²) >= 11 is 0. The van der Waals surface area contributed by atoms with Gasteiger partial charge in [-0.3, -0.25) is 14.4 Å². The first-order valence-electron chi connectivity index (χ1n) is 17.0. The summed E-state index contributed by atoms with van der Waals surface area (Å²) in [5, 5.41) is 18.4. The molecule has 1 aliphatic rings. The lowest BCUT2D eigenvalue weighted by Crippen LogP contribution is -2.60. The van der Waals surface area contributed by atoms with Gasteiger partial charge in [-0.15, -0.1) is 0 Å². The molecule has 10 nitrogen and oxygen atoms in total. The van der Waals surface area contributed by atoms with Gasteiger partial charge in [0.1, 0.15) is 18.2 Å². The zero-order valence-electron chi connectivity index (χ0n) is 28.0. The Balaban J connectivity index is 2.19. The molecule has 45 heavy (non-hydrogen) atoms. The van der Waals surface area contributed by atoms with Crippen molar-refractivity contribution < 1.29 is 33.8 Å². The van der Waals surface area contributed by atoms with Crippen LogP contribution in [0.4, 0.5) is 0 Å². The van der Waals surface area contributed by atoms with Crippen LogP contribution in [-0.4, -0.2) is 65.7 Å². The second-order valence-corrected chi connectivity index (χ2v) is 12.8. The molecule has 2 rings (SSSR count). The van der Waals surface area contributed by atoms with E-state index < -0.39 is 59.9 Å². The van der Waals surface area contributed by atoms with Crippen LogP contribution in [0.25, 0.3) is 0 Å². The van der Waals surface area contributed by atoms with Crippen molar-refractivity contribution in [3.8, 4) is 0 Å². The number of carbonyl (C=O) groups excluding carboxylic acids is 4. The Morgan fingerprint density at radius 2 is 1.33 bits per heavy atom. The molecular formula is C35H57N3O7.